The first kappa shape index (κ1) is 19.1. The number of methoxy groups -OCH3 is 2. The van der Waals surface area contributed by atoms with Gasteiger partial charge in [-0.15, -0.1) is 0 Å². The number of hydrogen-bond donors (Lipinski definition) is 1. The Morgan fingerprint density at radius 2 is 1.56 bits per heavy atom. The van der Waals surface area contributed by atoms with E-state index in [0.29, 0.717) is 5.56 Å². The summed E-state index contributed by atoms with van der Waals surface area (Å²) in [4.78, 5) is 38.7. The van der Waals surface area contributed by atoms with Gasteiger partial charge in [0, 0.05) is 0 Å². The first-order valence-corrected chi connectivity index (χ1v) is 8.81. The Labute approximate surface area is 157 Å². The molecule has 2 bridgehead atoms. The number of nitrogens with one attached hydrogen (secondary N) is 1. The summed E-state index contributed by atoms with van der Waals surface area (Å²) in [6.07, 6.45) is 0. The lowest BCUT2D eigenvalue weighted by molar-refractivity contribution is -0.152. The van der Waals surface area contributed by atoms with Gasteiger partial charge in [-0.25, -0.2) is 14.4 Å². The highest BCUT2D eigenvalue weighted by molar-refractivity contribution is 6.13. The number of carbonyl (C=O) groups is 3. The lowest BCUT2D eigenvalue weighted by Crippen LogP contribution is -2.51. The minimum Gasteiger partial charge on any atom is -0.466 e. The quantitative estimate of drug-likeness (QED) is 0.619. The maximum absolute atomic E-state index is 13.2. The van der Waals surface area contributed by atoms with Crippen LogP contribution in [0.25, 0.3) is 0 Å². The fourth-order valence-electron chi connectivity index (χ4n) is 4.33. The Morgan fingerprint density at radius 1 is 1.00 bits per heavy atom. The zero-order chi connectivity index (χ0) is 20.0. The van der Waals surface area contributed by atoms with E-state index in [4.69, 9.17) is 14.2 Å². The third-order valence-electron chi connectivity index (χ3n) is 5.39. The molecular weight excluding hydrogens is 350 g/mol. The number of benzene rings is 1. The predicted octanol–water partition coefficient (Wildman–Crippen LogP) is 1.56. The van der Waals surface area contributed by atoms with Crippen molar-refractivity contribution in [2.24, 2.45) is 5.92 Å². The summed E-state index contributed by atoms with van der Waals surface area (Å²) in [5.41, 5.74) is -1.32. The Morgan fingerprint density at radius 3 is 2.07 bits per heavy atom. The lowest BCUT2D eigenvalue weighted by atomic mass is 9.68. The Kier molecular flexibility index (Phi) is 4.59. The van der Waals surface area contributed by atoms with Gasteiger partial charge in [-0.2, -0.15) is 0 Å². The second kappa shape index (κ2) is 6.49. The van der Waals surface area contributed by atoms with Crippen LogP contribution in [0.3, 0.4) is 0 Å². The fraction of sp³-hybridized carbons (Fsp3) is 0.450. The van der Waals surface area contributed by atoms with E-state index in [0.717, 1.165) is 5.56 Å². The van der Waals surface area contributed by atoms with E-state index in [9.17, 15) is 14.4 Å². The standard InChI is InChI=1S/C20H23NO6/c1-6-27-18(24)20-13-10-8-7-9-12(13)19(21-20,11(2)3)14(16(22)25-4)15(20)17(23)26-5/h7-11,21H,6H2,1-5H3. The summed E-state index contributed by atoms with van der Waals surface area (Å²) in [5, 5.41) is 3.28. The van der Waals surface area contributed by atoms with Gasteiger partial charge in [0.25, 0.3) is 0 Å². The molecule has 0 radical (unpaired) electrons. The van der Waals surface area contributed by atoms with Crippen molar-refractivity contribution in [3.63, 3.8) is 0 Å². The van der Waals surface area contributed by atoms with Crippen molar-refractivity contribution in [1.82, 2.24) is 5.32 Å². The van der Waals surface area contributed by atoms with Gasteiger partial charge in [-0.3, -0.25) is 5.32 Å². The number of rotatable bonds is 5. The zero-order valence-corrected chi connectivity index (χ0v) is 16.0. The molecule has 2 aliphatic rings. The van der Waals surface area contributed by atoms with Crippen LogP contribution in [0.1, 0.15) is 31.9 Å². The number of hydrogen-bond acceptors (Lipinski definition) is 7. The van der Waals surface area contributed by atoms with Crippen LogP contribution >= 0.6 is 0 Å². The summed E-state index contributed by atoms with van der Waals surface area (Å²) < 4.78 is 15.3. The second-order valence-electron chi connectivity index (χ2n) is 6.84. The number of carbonyl (C=O) groups excluding carboxylic acids is 3. The van der Waals surface area contributed by atoms with E-state index >= 15 is 0 Å². The van der Waals surface area contributed by atoms with Crippen LogP contribution in [0.15, 0.2) is 35.4 Å². The summed E-state index contributed by atoms with van der Waals surface area (Å²) in [7, 11) is 2.45. The van der Waals surface area contributed by atoms with Crippen LogP contribution in [0.4, 0.5) is 0 Å². The van der Waals surface area contributed by atoms with Crippen molar-refractivity contribution in [2.75, 3.05) is 20.8 Å². The van der Waals surface area contributed by atoms with Crippen LogP contribution in [0.5, 0.6) is 0 Å². The normalized spacial score (nSPS) is 25.4. The van der Waals surface area contributed by atoms with Crippen molar-refractivity contribution in [3.8, 4) is 0 Å². The smallest absolute Gasteiger partial charge is 0.337 e. The maximum Gasteiger partial charge on any atom is 0.337 e. The second-order valence-corrected chi connectivity index (χ2v) is 6.84. The molecule has 2 unspecified atom stereocenters. The van der Waals surface area contributed by atoms with Gasteiger partial charge in [0.05, 0.1) is 37.5 Å². The highest BCUT2D eigenvalue weighted by Gasteiger charge is 2.70. The molecule has 3 rings (SSSR count). The van der Waals surface area contributed by atoms with Gasteiger partial charge in [-0.05, 0) is 24.0 Å². The van der Waals surface area contributed by atoms with E-state index in [1.807, 2.05) is 26.0 Å². The molecule has 2 aliphatic heterocycles. The molecule has 1 aromatic carbocycles. The van der Waals surface area contributed by atoms with Gasteiger partial charge >= 0.3 is 17.9 Å². The Bertz CT molecular complexity index is 858. The Hall–Kier alpha value is -2.67. The SMILES string of the molecule is CCOC(=O)C12NC(C(C)C)(C(C(=O)OC)=C1C(=O)OC)c1ccccc12. The van der Waals surface area contributed by atoms with E-state index in [1.165, 1.54) is 14.2 Å². The predicted molar refractivity (Wildman–Crippen MR) is 95.5 cm³/mol. The number of fused-ring (bicyclic) bond motifs is 5. The van der Waals surface area contributed by atoms with Crippen LogP contribution < -0.4 is 5.32 Å². The molecule has 144 valence electrons. The van der Waals surface area contributed by atoms with Gasteiger partial charge < -0.3 is 14.2 Å². The van der Waals surface area contributed by atoms with Gasteiger partial charge in [0.15, 0.2) is 5.54 Å². The first-order chi connectivity index (χ1) is 12.8. The maximum atomic E-state index is 13.2. The molecule has 27 heavy (non-hydrogen) atoms. The number of esters is 3. The van der Waals surface area contributed by atoms with Crippen molar-refractivity contribution < 1.29 is 28.6 Å². The third-order valence-corrected chi connectivity index (χ3v) is 5.39. The molecule has 0 aliphatic carbocycles. The lowest BCUT2D eigenvalue weighted by Gasteiger charge is -2.34. The third kappa shape index (κ3) is 2.21. The highest BCUT2D eigenvalue weighted by atomic mass is 16.5. The van der Waals surface area contributed by atoms with Gasteiger partial charge in [0.2, 0.25) is 0 Å². The topological polar surface area (TPSA) is 90.9 Å². The largest absolute Gasteiger partial charge is 0.466 e. The van der Waals surface area contributed by atoms with Crippen LogP contribution in [-0.4, -0.2) is 38.7 Å². The molecule has 7 nitrogen and oxygen atoms in total. The fourth-order valence-corrected chi connectivity index (χ4v) is 4.33. The van der Waals surface area contributed by atoms with Crippen LogP contribution in [0, 0.1) is 5.92 Å². The molecular formula is C20H23NO6. The van der Waals surface area contributed by atoms with Crippen LogP contribution in [-0.2, 0) is 39.7 Å². The molecule has 2 heterocycles. The van der Waals surface area contributed by atoms with E-state index in [-0.39, 0.29) is 23.7 Å². The van der Waals surface area contributed by atoms with Gasteiger partial charge in [0.1, 0.15) is 0 Å². The molecule has 7 heteroatoms. The number of ether oxygens (including phenoxy) is 3. The summed E-state index contributed by atoms with van der Waals surface area (Å²) in [6, 6.07) is 7.22. The Balaban J connectivity index is 2.46. The van der Waals surface area contributed by atoms with Gasteiger partial charge in [-0.1, -0.05) is 38.1 Å². The molecule has 0 spiro atoms. The molecule has 0 saturated heterocycles. The molecule has 0 amide bonds. The molecule has 0 fully saturated rings. The minimum absolute atomic E-state index is 0.0669. The average Bonchev–Trinajstić information content (AvgIpc) is 3.17. The van der Waals surface area contributed by atoms with E-state index in [1.54, 1.807) is 19.1 Å². The monoisotopic (exact) mass is 373 g/mol. The van der Waals surface area contributed by atoms with Crippen LogP contribution in [0.2, 0.25) is 0 Å². The molecule has 0 aromatic heterocycles. The van der Waals surface area contributed by atoms with Crippen molar-refractivity contribution >= 4 is 17.9 Å². The first-order valence-electron chi connectivity index (χ1n) is 8.81. The van der Waals surface area contributed by atoms with E-state index < -0.39 is 29.0 Å². The zero-order valence-electron chi connectivity index (χ0n) is 16.0. The molecule has 1 N–H and O–H groups in total. The minimum atomic E-state index is -1.62. The summed E-state index contributed by atoms with van der Waals surface area (Å²) in [5.74, 6) is -2.28. The molecule has 1 aromatic rings. The average molecular weight is 373 g/mol. The van der Waals surface area contributed by atoms with Crippen molar-refractivity contribution in [2.45, 2.75) is 31.8 Å². The molecule has 0 saturated carbocycles. The summed E-state index contributed by atoms with van der Waals surface area (Å²) >= 11 is 0. The highest BCUT2D eigenvalue weighted by Crippen LogP contribution is 2.59. The van der Waals surface area contributed by atoms with Crippen molar-refractivity contribution in [1.29, 1.82) is 0 Å². The van der Waals surface area contributed by atoms with E-state index in [2.05, 4.69) is 5.32 Å². The van der Waals surface area contributed by atoms with Crippen molar-refractivity contribution in [3.05, 3.63) is 46.5 Å². The summed E-state index contributed by atoms with van der Waals surface area (Å²) in [6.45, 7) is 5.63. The molecule has 2 atom stereocenters.